The number of hydrogen-bond donors (Lipinski definition) is 3. The second-order valence-electron chi connectivity index (χ2n) is 7.99. The molecule has 0 aliphatic rings. The molecule has 3 N–H and O–H groups in total. The summed E-state index contributed by atoms with van der Waals surface area (Å²) in [5.41, 5.74) is 6.18. The molecule has 0 spiro atoms. The van der Waals surface area contributed by atoms with Crippen LogP contribution in [0.3, 0.4) is 0 Å². The lowest BCUT2D eigenvalue weighted by Gasteiger charge is -2.21. The molecule has 0 radical (unpaired) electrons. The number of nitrogens with one attached hydrogen (secondary N) is 3. The Morgan fingerprint density at radius 2 is 1.54 bits per heavy atom. The first kappa shape index (κ1) is 23.4. The maximum absolute atomic E-state index is 12.8. The summed E-state index contributed by atoms with van der Waals surface area (Å²) in [6.45, 7) is 3.54. The molecule has 1 atom stereocenters. The van der Waals surface area contributed by atoms with Crippen LogP contribution < -0.4 is 16.2 Å². The summed E-state index contributed by atoms with van der Waals surface area (Å²) in [5.74, 6) is -1.68. The molecule has 178 valence electrons. The van der Waals surface area contributed by atoms with Gasteiger partial charge in [-0.2, -0.15) is 0 Å². The van der Waals surface area contributed by atoms with E-state index in [2.05, 4.69) is 26.3 Å². The number of aromatic nitrogens is 3. The minimum absolute atomic E-state index is 0.0802. The molecule has 10 heteroatoms. The van der Waals surface area contributed by atoms with E-state index in [0.717, 1.165) is 11.3 Å². The highest BCUT2D eigenvalue weighted by Crippen LogP contribution is 2.20. The van der Waals surface area contributed by atoms with Gasteiger partial charge in [-0.1, -0.05) is 62.4 Å². The number of para-hydroxylation sites is 1. The van der Waals surface area contributed by atoms with E-state index in [9.17, 15) is 14.4 Å². The molecule has 0 unspecified atom stereocenters. The fourth-order valence-electron chi connectivity index (χ4n) is 3.34. The molecule has 2 aromatic heterocycles. The first-order chi connectivity index (χ1) is 16.9. The lowest BCUT2D eigenvalue weighted by atomic mass is 10.0. The molecule has 2 aromatic carbocycles. The Balaban J connectivity index is 1.50. The first-order valence-electron chi connectivity index (χ1n) is 11.0. The monoisotopic (exact) mass is 472 g/mol. The molecule has 0 saturated heterocycles. The van der Waals surface area contributed by atoms with Crippen LogP contribution in [0.2, 0.25) is 0 Å². The van der Waals surface area contributed by atoms with Crippen LogP contribution in [0, 0.1) is 5.92 Å². The van der Waals surface area contributed by atoms with Gasteiger partial charge >= 0.3 is 5.91 Å². The largest absolute Gasteiger partial charge is 0.459 e. The number of hydrazine groups is 1. The Bertz CT molecular complexity index is 1240. The summed E-state index contributed by atoms with van der Waals surface area (Å²) in [6, 6.07) is 20.8. The summed E-state index contributed by atoms with van der Waals surface area (Å²) >= 11 is 0. The second-order valence-corrected chi connectivity index (χ2v) is 7.99. The number of hydrogen-bond acceptors (Lipinski definition) is 6. The minimum Gasteiger partial charge on any atom is -0.459 e. The van der Waals surface area contributed by atoms with Crippen molar-refractivity contribution in [3.05, 3.63) is 90.6 Å². The number of amides is 3. The van der Waals surface area contributed by atoms with Gasteiger partial charge in [-0.05, 0) is 30.2 Å². The summed E-state index contributed by atoms with van der Waals surface area (Å²) < 4.78 is 6.63. The maximum Gasteiger partial charge on any atom is 0.309 e. The topological polar surface area (TPSA) is 131 Å². The molecule has 0 bridgehead atoms. The van der Waals surface area contributed by atoms with E-state index in [0.29, 0.717) is 5.82 Å². The molecule has 0 fully saturated rings. The molecule has 10 nitrogen and oxygen atoms in total. The summed E-state index contributed by atoms with van der Waals surface area (Å²) in [5, 5.41) is 6.96. The normalized spacial score (nSPS) is 11.6. The quantitative estimate of drug-likeness (QED) is 0.355. The van der Waals surface area contributed by atoms with Crippen molar-refractivity contribution in [2.24, 2.45) is 5.92 Å². The van der Waals surface area contributed by atoms with E-state index in [1.54, 1.807) is 24.6 Å². The van der Waals surface area contributed by atoms with E-state index >= 15 is 0 Å². The smallest absolute Gasteiger partial charge is 0.309 e. The SMILES string of the molecule is CC(C)[C@@H](NC(=O)c1ccco1)C(=O)NNC(=O)c1nc(-c2ccccc2)n(-c2ccccc2)n1. The zero-order valence-corrected chi connectivity index (χ0v) is 19.1. The van der Waals surface area contributed by atoms with Gasteiger partial charge in [0.15, 0.2) is 11.6 Å². The van der Waals surface area contributed by atoms with Gasteiger partial charge in [0.25, 0.3) is 11.8 Å². The standard InChI is InChI=1S/C25H24N6O4/c1-16(2)20(26-23(32)19-14-9-15-35-19)24(33)28-29-25(34)21-27-22(17-10-5-3-6-11-17)31(30-21)18-12-7-4-8-13-18/h3-16,20H,1-2H3,(H,26,32)(H,28,33)(H,29,34)/t20-/m1/s1. The Kier molecular flexibility index (Phi) is 7.01. The van der Waals surface area contributed by atoms with Crippen molar-refractivity contribution in [3.8, 4) is 17.1 Å². The van der Waals surface area contributed by atoms with Gasteiger partial charge < -0.3 is 9.73 Å². The van der Waals surface area contributed by atoms with Crippen molar-refractivity contribution in [2.75, 3.05) is 0 Å². The number of rotatable bonds is 7. The molecule has 0 saturated carbocycles. The molecule has 0 aliphatic carbocycles. The number of benzene rings is 2. The molecule has 35 heavy (non-hydrogen) atoms. The Morgan fingerprint density at radius 3 is 2.17 bits per heavy atom. The van der Waals surface area contributed by atoms with Crippen LogP contribution in [0.15, 0.2) is 83.5 Å². The molecule has 3 amide bonds. The van der Waals surface area contributed by atoms with Crippen molar-refractivity contribution >= 4 is 17.7 Å². The van der Waals surface area contributed by atoms with Crippen LogP contribution in [-0.4, -0.2) is 38.5 Å². The summed E-state index contributed by atoms with van der Waals surface area (Å²) in [7, 11) is 0. The van der Waals surface area contributed by atoms with E-state index in [-0.39, 0.29) is 17.5 Å². The highest BCUT2D eigenvalue weighted by atomic mass is 16.3. The highest BCUT2D eigenvalue weighted by molar-refractivity contribution is 5.97. The van der Waals surface area contributed by atoms with Gasteiger partial charge in [-0.25, -0.2) is 9.67 Å². The maximum atomic E-state index is 12.8. The lowest BCUT2D eigenvalue weighted by molar-refractivity contribution is -0.124. The van der Waals surface area contributed by atoms with Gasteiger partial charge in [0.1, 0.15) is 6.04 Å². The van der Waals surface area contributed by atoms with Gasteiger partial charge in [0.2, 0.25) is 5.82 Å². The van der Waals surface area contributed by atoms with Crippen LogP contribution in [0.25, 0.3) is 17.1 Å². The van der Waals surface area contributed by atoms with Crippen LogP contribution in [-0.2, 0) is 4.79 Å². The van der Waals surface area contributed by atoms with Crippen LogP contribution in [0.5, 0.6) is 0 Å². The molecular weight excluding hydrogens is 448 g/mol. The number of carbonyl (C=O) groups is 3. The van der Waals surface area contributed by atoms with E-state index in [1.807, 2.05) is 60.7 Å². The number of nitrogens with zero attached hydrogens (tertiary/aromatic N) is 3. The number of carbonyl (C=O) groups excluding carboxylic acids is 3. The second kappa shape index (κ2) is 10.5. The average molecular weight is 473 g/mol. The Labute approximate surface area is 201 Å². The van der Waals surface area contributed by atoms with Crippen LogP contribution in [0.4, 0.5) is 0 Å². The van der Waals surface area contributed by atoms with Crippen LogP contribution >= 0.6 is 0 Å². The van der Waals surface area contributed by atoms with Gasteiger partial charge in [0, 0.05) is 5.56 Å². The molecule has 2 heterocycles. The average Bonchev–Trinajstić information content (AvgIpc) is 3.57. The highest BCUT2D eigenvalue weighted by Gasteiger charge is 2.27. The third kappa shape index (κ3) is 5.44. The van der Waals surface area contributed by atoms with Crippen molar-refractivity contribution < 1.29 is 18.8 Å². The third-order valence-corrected chi connectivity index (χ3v) is 5.12. The fourth-order valence-corrected chi connectivity index (χ4v) is 3.34. The van der Waals surface area contributed by atoms with Crippen molar-refractivity contribution in [2.45, 2.75) is 19.9 Å². The zero-order chi connectivity index (χ0) is 24.8. The predicted octanol–water partition coefficient (Wildman–Crippen LogP) is 2.74. The van der Waals surface area contributed by atoms with E-state index in [1.165, 1.54) is 12.3 Å². The summed E-state index contributed by atoms with van der Waals surface area (Å²) in [4.78, 5) is 42.2. The third-order valence-electron chi connectivity index (χ3n) is 5.12. The predicted molar refractivity (Wildman–Crippen MR) is 127 cm³/mol. The first-order valence-corrected chi connectivity index (χ1v) is 11.0. The number of furan rings is 1. The lowest BCUT2D eigenvalue weighted by Crippen LogP contribution is -2.54. The van der Waals surface area contributed by atoms with Gasteiger partial charge in [-0.3, -0.25) is 25.2 Å². The Morgan fingerprint density at radius 1 is 0.857 bits per heavy atom. The molecular formula is C25H24N6O4. The van der Waals surface area contributed by atoms with Crippen LogP contribution in [0.1, 0.15) is 35.0 Å². The summed E-state index contributed by atoms with van der Waals surface area (Å²) in [6.07, 6.45) is 1.37. The van der Waals surface area contributed by atoms with E-state index in [4.69, 9.17) is 4.42 Å². The molecule has 4 aromatic rings. The van der Waals surface area contributed by atoms with Gasteiger partial charge in [-0.15, -0.1) is 5.10 Å². The minimum atomic E-state index is -0.914. The fraction of sp³-hybridized carbons (Fsp3) is 0.160. The molecule has 4 rings (SSSR count). The van der Waals surface area contributed by atoms with E-state index < -0.39 is 23.8 Å². The van der Waals surface area contributed by atoms with Crippen molar-refractivity contribution in [1.29, 1.82) is 0 Å². The Hall–Kier alpha value is -4.73. The van der Waals surface area contributed by atoms with Crippen molar-refractivity contribution in [1.82, 2.24) is 30.9 Å². The van der Waals surface area contributed by atoms with Gasteiger partial charge in [0.05, 0.1) is 12.0 Å². The zero-order valence-electron chi connectivity index (χ0n) is 19.1. The molecule has 0 aliphatic heterocycles. The van der Waals surface area contributed by atoms with Crippen molar-refractivity contribution in [3.63, 3.8) is 0 Å².